The van der Waals surface area contributed by atoms with Crippen LogP contribution >= 0.6 is 0 Å². The molecule has 0 bridgehead atoms. The van der Waals surface area contributed by atoms with Crippen LogP contribution in [-0.2, 0) is 13.0 Å². The first-order valence-electron chi connectivity index (χ1n) is 8.17. The summed E-state index contributed by atoms with van der Waals surface area (Å²) in [6.45, 7) is 1.54. The highest BCUT2D eigenvalue weighted by Gasteiger charge is 2.12. The lowest BCUT2D eigenvalue weighted by molar-refractivity contribution is 0.174. The smallest absolute Gasteiger partial charge is 0.231 e. The van der Waals surface area contributed by atoms with E-state index in [1.165, 1.54) is 10.9 Å². The largest absolute Gasteiger partial charge is 0.497 e. The Morgan fingerprint density at radius 3 is 2.68 bits per heavy atom. The van der Waals surface area contributed by atoms with Crippen molar-refractivity contribution < 1.29 is 14.2 Å². The molecule has 6 nitrogen and oxygen atoms in total. The number of aromatic nitrogens is 1. The second kappa shape index (κ2) is 7.92. The van der Waals surface area contributed by atoms with E-state index in [0.29, 0.717) is 19.9 Å². The van der Waals surface area contributed by atoms with Crippen molar-refractivity contribution in [2.24, 2.45) is 11.5 Å². The summed E-state index contributed by atoms with van der Waals surface area (Å²) in [4.78, 5) is 3.21. The first-order chi connectivity index (χ1) is 12.2. The van der Waals surface area contributed by atoms with Gasteiger partial charge in [-0.2, -0.15) is 0 Å². The van der Waals surface area contributed by atoms with Gasteiger partial charge in [0.15, 0.2) is 11.5 Å². The van der Waals surface area contributed by atoms with Gasteiger partial charge in [-0.3, -0.25) is 0 Å². The number of nitrogens with one attached hydrogen (secondary N) is 1. The van der Waals surface area contributed by atoms with Crippen LogP contribution in [-0.4, -0.2) is 25.4 Å². The van der Waals surface area contributed by atoms with Crippen LogP contribution in [0, 0.1) is 0 Å². The zero-order valence-corrected chi connectivity index (χ0v) is 14.2. The topological polar surface area (TPSA) is 95.5 Å². The van der Waals surface area contributed by atoms with Crippen LogP contribution in [0.15, 0.2) is 42.6 Å². The van der Waals surface area contributed by atoms with Crippen molar-refractivity contribution in [3.05, 3.63) is 53.7 Å². The number of rotatable bonds is 4. The molecule has 4 rings (SSSR count). The van der Waals surface area contributed by atoms with Crippen molar-refractivity contribution in [3.63, 3.8) is 0 Å². The molecule has 0 amide bonds. The van der Waals surface area contributed by atoms with E-state index >= 15 is 0 Å². The van der Waals surface area contributed by atoms with Crippen molar-refractivity contribution in [1.82, 2.24) is 4.98 Å². The average Bonchev–Trinajstić information content (AvgIpc) is 3.28. The summed E-state index contributed by atoms with van der Waals surface area (Å²) in [5.74, 6) is 2.48. The molecular weight excluding hydrogens is 318 g/mol. The highest BCUT2D eigenvalue weighted by molar-refractivity contribution is 5.84. The van der Waals surface area contributed by atoms with Crippen molar-refractivity contribution in [2.75, 3.05) is 20.4 Å². The van der Waals surface area contributed by atoms with Gasteiger partial charge in [0.1, 0.15) is 5.75 Å². The van der Waals surface area contributed by atoms with E-state index in [4.69, 9.17) is 25.7 Å². The molecule has 25 heavy (non-hydrogen) atoms. The second-order valence-electron chi connectivity index (χ2n) is 5.66. The van der Waals surface area contributed by atoms with Crippen LogP contribution in [0.25, 0.3) is 10.9 Å². The highest BCUT2D eigenvalue weighted by atomic mass is 16.7. The minimum Gasteiger partial charge on any atom is -0.497 e. The SMILES string of the molecule is COc1ccc2c(CCN)c[nH]c2c1.NCc1ccc2c(c1)OCO2. The lowest BCUT2D eigenvalue weighted by Crippen LogP contribution is -2.01. The molecule has 5 N–H and O–H groups in total. The molecule has 1 aliphatic rings. The Bertz CT molecular complexity index is 845. The number of H-pyrrole nitrogens is 1. The molecule has 3 aromatic rings. The fourth-order valence-corrected chi connectivity index (χ4v) is 2.72. The van der Waals surface area contributed by atoms with E-state index in [1.54, 1.807) is 7.11 Å². The van der Waals surface area contributed by atoms with Crippen molar-refractivity contribution in [2.45, 2.75) is 13.0 Å². The Morgan fingerprint density at radius 1 is 1.08 bits per heavy atom. The van der Waals surface area contributed by atoms with Gasteiger partial charge in [-0.1, -0.05) is 6.07 Å². The molecule has 0 fully saturated rings. The van der Waals surface area contributed by atoms with E-state index in [2.05, 4.69) is 11.1 Å². The Hall–Kier alpha value is -2.70. The molecular formula is C19H23N3O3. The van der Waals surface area contributed by atoms with Gasteiger partial charge in [-0.25, -0.2) is 0 Å². The highest BCUT2D eigenvalue weighted by Crippen LogP contribution is 2.32. The third kappa shape index (κ3) is 3.87. The fraction of sp³-hybridized carbons (Fsp3) is 0.263. The van der Waals surface area contributed by atoms with Gasteiger partial charge in [0.2, 0.25) is 6.79 Å². The number of methoxy groups -OCH3 is 1. The van der Waals surface area contributed by atoms with Gasteiger partial charge in [0.25, 0.3) is 0 Å². The van der Waals surface area contributed by atoms with Gasteiger partial charge in [0, 0.05) is 29.7 Å². The first-order valence-corrected chi connectivity index (χ1v) is 8.17. The zero-order valence-electron chi connectivity index (χ0n) is 14.2. The van der Waals surface area contributed by atoms with Crippen LogP contribution < -0.4 is 25.7 Å². The third-order valence-corrected chi connectivity index (χ3v) is 4.06. The summed E-state index contributed by atoms with van der Waals surface area (Å²) in [6, 6.07) is 11.8. The quantitative estimate of drug-likeness (QED) is 0.678. The maximum absolute atomic E-state index is 5.53. The molecule has 0 saturated carbocycles. The summed E-state index contributed by atoms with van der Waals surface area (Å²) >= 11 is 0. The normalized spacial score (nSPS) is 12.0. The third-order valence-electron chi connectivity index (χ3n) is 4.06. The minimum atomic E-state index is 0.323. The summed E-state index contributed by atoms with van der Waals surface area (Å²) < 4.78 is 15.4. The minimum absolute atomic E-state index is 0.323. The Balaban J connectivity index is 0.000000150. The molecule has 132 valence electrons. The number of ether oxygens (including phenoxy) is 3. The molecule has 2 aromatic carbocycles. The molecule has 0 atom stereocenters. The van der Waals surface area contributed by atoms with E-state index in [-0.39, 0.29) is 0 Å². The lowest BCUT2D eigenvalue weighted by atomic mass is 10.1. The van der Waals surface area contributed by atoms with E-state index < -0.39 is 0 Å². The van der Waals surface area contributed by atoms with E-state index in [9.17, 15) is 0 Å². The summed E-state index contributed by atoms with van der Waals surface area (Å²) in [6.07, 6.45) is 2.92. The van der Waals surface area contributed by atoms with Crippen LogP contribution in [0.4, 0.5) is 0 Å². The summed E-state index contributed by atoms with van der Waals surface area (Å²) in [5.41, 5.74) is 14.4. The molecule has 0 spiro atoms. The number of aromatic amines is 1. The molecule has 0 radical (unpaired) electrons. The molecule has 0 saturated heterocycles. The molecule has 2 heterocycles. The number of hydrogen-bond acceptors (Lipinski definition) is 5. The molecule has 1 aliphatic heterocycles. The molecule has 1 aromatic heterocycles. The van der Waals surface area contributed by atoms with Gasteiger partial charge in [0.05, 0.1) is 7.11 Å². The van der Waals surface area contributed by atoms with Crippen LogP contribution in [0.3, 0.4) is 0 Å². The van der Waals surface area contributed by atoms with Gasteiger partial charge in [-0.15, -0.1) is 0 Å². The van der Waals surface area contributed by atoms with Crippen molar-refractivity contribution in [3.8, 4) is 17.2 Å². The Kier molecular flexibility index (Phi) is 5.42. The fourth-order valence-electron chi connectivity index (χ4n) is 2.72. The summed E-state index contributed by atoms with van der Waals surface area (Å²) in [7, 11) is 1.67. The number of benzene rings is 2. The Labute approximate surface area is 146 Å². The first kappa shape index (κ1) is 17.1. The zero-order chi connectivity index (χ0) is 17.6. The maximum Gasteiger partial charge on any atom is 0.231 e. The number of hydrogen-bond donors (Lipinski definition) is 3. The average molecular weight is 341 g/mol. The lowest BCUT2D eigenvalue weighted by Gasteiger charge is -1.99. The van der Waals surface area contributed by atoms with E-state index in [1.807, 2.05) is 36.5 Å². The second-order valence-corrected chi connectivity index (χ2v) is 5.66. The van der Waals surface area contributed by atoms with Crippen LogP contribution in [0.5, 0.6) is 17.2 Å². The van der Waals surface area contributed by atoms with Crippen LogP contribution in [0.2, 0.25) is 0 Å². The monoisotopic (exact) mass is 341 g/mol. The van der Waals surface area contributed by atoms with E-state index in [0.717, 1.165) is 34.7 Å². The molecule has 6 heteroatoms. The van der Waals surface area contributed by atoms with Crippen LogP contribution in [0.1, 0.15) is 11.1 Å². The summed E-state index contributed by atoms with van der Waals surface area (Å²) in [5, 5.41) is 1.23. The van der Waals surface area contributed by atoms with Gasteiger partial charge < -0.3 is 30.7 Å². The predicted molar refractivity (Wildman–Crippen MR) is 98.1 cm³/mol. The van der Waals surface area contributed by atoms with Gasteiger partial charge in [-0.05, 0) is 48.4 Å². The number of fused-ring (bicyclic) bond motifs is 2. The molecule has 0 aliphatic carbocycles. The van der Waals surface area contributed by atoms with Crippen molar-refractivity contribution >= 4 is 10.9 Å². The number of nitrogens with two attached hydrogens (primary N) is 2. The predicted octanol–water partition coefficient (Wildman–Crippen LogP) is 2.55. The Morgan fingerprint density at radius 2 is 1.92 bits per heavy atom. The van der Waals surface area contributed by atoms with Gasteiger partial charge >= 0.3 is 0 Å². The van der Waals surface area contributed by atoms with Crippen molar-refractivity contribution in [1.29, 1.82) is 0 Å². The standard InChI is InChI=1S/C11H14N2O.C8H9NO2/c1-14-9-2-3-10-8(4-5-12)7-13-11(10)6-9;9-4-6-1-2-7-8(3-6)11-5-10-7/h2-3,6-7,13H,4-5,12H2,1H3;1-3H,4-5,9H2. The molecule has 0 unspecified atom stereocenters. The maximum atomic E-state index is 5.53.